The van der Waals surface area contributed by atoms with Gasteiger partial charge < -0.3 is 9.72 Å². The van der Waals surface area contributed by atoms with Gasteiger partial charge in [-0.3, -0.25) is 0 Å². The third kappa shape index (κ3) is 2.82. The Labute approximate surface area is 123 Å². The Bertz CT molecular complexity index is 768. The summed E-state index contributed by atoms with van der Waals surface area (Å²) in [5.41, 5.74) is 2.95. The van der Waals surface area contributed by atoms with Gasteiger partial charge in [-0.15, -0.1) is 0 Å². The zero-order chi connectivity index (χ0) is 14.7. The van der Waals surface area contributed by atoms with E-state index in [1.807, 2.05) is 12.3 Å². The number of nitrogens with one attached hydrogen (secondary N) is 1. The minimum Gasteiger partial charge on any atom is -0.464 e. The van der Waals surface area contributed by atoms with Crippen molar-refractivity contribution in [2.75, 3.05) is 7.11 Å². The van der Waals surface area contributed by atoms with Crippen LogP contribution in [-0.4, -0.2) is 18.1 Å². The molecule has 1 N–H and O–H groups in total. The molecule has 0 aliphatic rings. The number of aryl methyl sites for hydroxylation is 2. The molecule has 0 aliphatic heterocycles. The number of benzene rings is 2. The molecule has 0 atom stereocenters. The summed E-state index contributed by atoms with van der Waals surface area (Å²) in [5, 5.41) is 2.56. The SMILES string of the molecule is COC(=O)c1cc(CCc2cccc3ccccc23)c[nH]1. The number of hydrogen-bond donors (Lipinski definition) is 1. The average Bonchev–Trinajstić information content (AvgIpc) is 3.01. The summed E-state index contributed by atoms with van der Waals surface area (Å²) in [6.07, 6.45) is 3.71. The molecular weight excluding hydrogens is 262 g/mol. The highest BCUT2D eigenvalue weighted by Crippen LogP contribution is 2.20. The molecule has 106 valence electrons. The number of H-pyrrole nitrogens is 1. The van der Waals surface area contributed by atoms with E-state index in [1.54, 1.807) is 0 Å². The Morgan fingerprint density at radius 1 is 1.10 bits per heavy atom. The molecule has 3 rings (SSSR count). The number of aromatic amines is 1. The van der Waals surface area contributed by atoms with E-state index in [4.69, 9.17) is 4.74 Å². The maximum absolute atomic E-state index is 11.4. The maximum atomic E-state index is 11.4. The van der Waals surface area contributed by atoms with Crippen LogP contribution in [0.2, 0.25) is 0 Å². The van der Waals surface area contributed by atoms with Crippen molar-refractivity contribution in [1.29, 1.82) is 0 Å². The van der Waals surface area contributed by atoms with Crippen LogP contribution in [0, 0.1) is 0 Å². The normalized spacial score (nSPS) is 10.7. The van der Waals surface area contributed by atoms with E-state index in [-0.39, 0.29) is 5.97 Å². The first-order chi connectivity index (χ1) is 10.3. The molecule has 3 aromatic rings. The number of carbonyl (C=O) groups excluding carboxylic acids is 1. The Morgan fingerprint density at radius 2 is 1.90 bits per heavy atom. The first kappa shape index (κ1) is 13.4. The van der Waals surface area contributed by atoms with Crippen molar-refractivity contribution in [3.63, 3.8) is 0 Å². The molecule has 0 fully saturated rings. The topological polar surface area (TPSA) is 42.1 Å². The second-order valence-electron chi connectivity index (χ2n) is 5.05. The van der Waals surface area contributed by atoms with E-state index in [2.05, 4.69) is 47.4 Å². The lowest BCUT2D eigenvalue weighted by molar-refractivity contribution is 0.0595. The van der Waals surface area contributed by atoms with Gasteiger partial charge in [0.15, 0.2) is 0 Å². The molecule has 21 heavy (non-hydrogen) atoms. The lowest BCUT2D eigenvalue weighted by Crippen LogP contribution is -2.00. The number of carbonyl (C=O) groups is 1. The fourth-order valence-corrected chi connectivity index (χ4v) is 2.60. The molecule has 0 bridgehead atoms. The van der Waals surface area contributed by atoms with Crippen LogP contribution in [0.3, 0.4) is 0 Å². The van der Waals surface area contributed by atoms with Gasteiger partial charge in [-0.2, -0.15) is 0 Å². The largest absolute Gasteiger partial charge is 0.464 e. The number of fused-ring (bicyclic) bond motifs is 1. The van der Waals surface area contributed by atoms with Crippen LogP contribution in [0.4, 0.5) is 0 Å². The summed E-state index contributed by atoms with van der Waals surface area (Å²) in [5.74, 6) is -0.327. The number of esters is 1. The minimum absolute atomic E-state index is 0.327. The van der Waals surface area contributed by atoms with Gasteiger partial charge in [0.1, 0.15) is 5.69 Å². The molecule has 0 radical (unpaired) electrons. The molecule has 1 heterocycles. The van der Waals surface area contributed by atoms with Gasteiger partial charge in [0.25, 0.3) is 0 Å². The van der Waals surface area contributed by atoms with E-state index in [9.17, 15) is 4.79 Å². The van der Waals surface area contributed by atoms with Crippen LogP contribution in [0.1, 0.15) is 21.6 Å². The van der Waals surface area contributed by atoms with Crippen LogP contribution >= 0.6 is 0 Å². The Morgan fingerprint density at radius 3 is 2.76 bits per heavy atom. The zero-order valence-electron chi connectivity index (χ0n) is 11.9. The monoisotopic (exact) mass is 279 g/mol. The van der Waals surface area contributed by atoms with Crippen molar-refractivity contribution in [2.24, 2.45) is 0 Å². The third-order valence-electron chi connectivity index (χ3n) is 3.71. The highest BCUT2D eigenvalue weighted by molar-refractivity contribution is 5.87. The van der Waals surface area contributed by atoms with Crippen LogP contribution in [0.15, 0.2) is 54.7 Å². The van der Waals surface area contributed by atoms with Crippen molar-refractivity contribution in [3.8, 4) is 0 Å². The quantitative estimate of drug-likeness (QED) is 0.739. The molecule has 0 aliphatic carbocycles. The second-order valence-corrected chi connectivity index (χ2v) is 5.05. The van der Waals surface area contributed by atoms with Gasteiger partial charge in [0.05, 0.1) is 7.11 Å². The first-order valence-corrected chi connectivity index (χ1v) is 7.00. The second kappa shape index (κ2) is 5.83. The van der Waals surface area contributed by atoms with Crippen molar-refractivity contribution in [3.05, 3.63) is 71.5 Å². The van der Waals surface area contributed by atoms with Crippen molar-refractivity contribution in [1.82, 2.24) is 4.98 Å². The molecule has 0 saturated heterocycles. The molecule has 2 aromatic carbocycles. The smallest absolute Gasteiger partial charge is 0.354 e. The Kier molecular flexibility index (Phi) is 3.73. The van der Waals surface area contributed by atoms with Crippen molar-refractivity contribution >= 4 is 16.7 Å². The number of hydrogen-bond acceptors (Lipinski definition) is 2. The molecular formula is C18H17NO2. The predicted molar refractivity (Wildman–Crippen MR) is 83.5 cm³/mol. The summed E-state index contributed by atoms with van der Waals surface area (Å²) in [7, 11) is 1.39. The molecule has 3 heteroatoms. The summed E-state index contributed by atoms with van der Waals surface area (Å²) in [4.78, 5) is 14.4. The van der Waals surface area contributed by atoms with Gasteiger partial charge in [-0.05, 0) is 40.8 Å². The third-order valence-corrected chi connectivity index (χ3v) is 3.71. The van der Waals surface area contributed by atoms with Gasteiger partial charge in [0.2, 0.25) is 0 Å². The Hall–Kier alpha value is -2.55. The molecule has 3 nitrogen and oxygen atoms in total. The van der Waals surface area contributed by atoms with Crippen molar-refractivity contribution in [2.45, 2.75) is 12.8 Å². The summed E-state index contributed by atoms with van der Waals surface area (Å²) in [6.45, 7) is 0. The van der Waals surface area contributed by atoms with Crippen LogP contribution in [0.25, 0.3) is 10.8 Å². The standard InChI is InChI=1S/C18H17NO2/c1-21-18(20)17-11-13(12-19-17)9-10-15-7-4-6-14-5-2-3-8-16(14)15/h2-8,11-12,19H,9-10H2,1H3. The molecule has 0 unspecified atom stereocenters. The molecule has 0 amide bonds. The van der Waals surface area contributed by atoms with E-state index >= 15 is 0 Å². The lowest BCUT2D eigenvalue weighted by atomic mass is 9.99. The van der Waals surface area contributed by atoms with Crippen LogP contribution in [-0.2, 0) is 17.6 Å². The fraction of sp³-hybridized carbons (Fsp3) is 0.167. The van der Waals surface area contributed by atoms with Gasteiger partial charge in [-0.25, -0.2) is 4.79 Å². The number of aromatic nitrogens is 1. The molecule has 0 spiro atoms. The maximum Gasteiger partial charge on any atom is 0.354 e. The fourth-order valence-electron chi connectivity index (χ4n) is 2.60. The number of methoxy groups -OCH3 is 1. The van der Waals surface area contributed by atoms with Gasteiger partial charge >= 0.3 is 5.97 Å². The summed E-state index contributed by atoms with van der Waals surface area (Å²) < 4.78 is 4.70. The predicted octanol–water partition coefficient (Wildman–Crippen LogP) is 3.74. The van der Waals surface area contributed by atoms with E-state index in [0.29, 0.717) is 5.69 Å². The highest BCUT2D eigenvalue weighted by atomic mass is 16.5. The van der Waals surface area contributed by atoms with Gasteiger partial charge in [0, 0.05) is 6.20 Å². The van der Waals surface area contributed by atoms with E-state index < -0.39 is 0 Å². The summed E-state index contributed by atoms with van der Waals surface area (Å²) >= 11 is 0. The minimum atomic E-state index is -0.327. The lowest BCUT2D eigenvalue weighted by Gasteiger charge is -2.05. The van der Waals surface area contributed by atoms with Gasteiger partial charge in [-0.1, -0.05) is 42.5 Å². The highest BCUT2D eigenvalue weighted by Gasteiger charge is 2.08. The number of rotatable bonds is 4. The van der Waals surface area contributed by atoms with Crippen molar-refractivity contribution < 1.29 is 9.53 Å². The van der Waals surface area contributed by atoms with E-state index in [0.717, 1.165) is 18.4 Å². The first-order valence-electron chi connectivity index (χ1n) is 7.00. The number of ether oxygens (including phenoxy) is 1. The van der Waals surface area contributed by atoms with E-state index in [1.165, 1.54) is 23.4 Å². The van der Waals surface area contributed by atoms with Crippen LogP contribution in [0.5, 0.6) is 0 Å². The van der Waals surface area contributed by atoms with Crippen LogP contribution < -0.4 is 0 Å². The molecule has 1 aromatic heterocycles. The molecule has 0 saturated carbocycles. The zero-order valence-corrected chi connectivity index (χ0v) is 11.9. The Balaban J connectivity index is 1.77. The average molecular weight is 279 g/mol. The summed E-state index contributed by atoms with van der Waals surface area (Å²) in [6, 6.07) is 16.6.